The highest BCUT2D eigenvalue weighted by molar-refractivity contribution is 7.99. The third-order valence-electron chi connectivity index (χ3n) is 3.42. The largest absolute Gasteiger partial charge is 0.392 e. The molecule has 1 aliphatic carbocycles. The zero-order valence-corrected chi connectivity index (χ0v) is 9.56. The van der Waals surface area contributed by atoms with Gasteiger partial charge in [0.2, 0.25) is 0 Å². The molecule has 2 rings (SSSR count). The van der Waals surface area contributed by atoms with Gasteiger partial charge in [-0.2, -0.15) is 11.8 Å². The third kappa shape index (κ3) is 2.88. The molecule has 0 aromatic carbocycles. The molecule has 0 bridgehead atoms. The van der Waals surface area contributed by atoms with Gasteiger partial charge >= 0.3 is 0 Å². The molecule has 1 unspecified atom stereocenters. The minimum atomic E-state index is -0.0854. The van der Waals surface area contributed by atoms with Gasteiger partial charge in [-0.05, 0) is 43.2 Å². The molecule has 2 aliphatic rings. The van der Waals surface area contributed by atoms with Gasteiger partial charge < -0.3 is 10.4 Å². The molecule has 14 heavy (non-hydrogen) atoms. The van der Waals surface area contributed by atoms with Crippen LogP contribution in [-0.2, 0) is 0 Å². The van der Waals surface area contributed by atoms with Crippen molar-refractivity contribution >= 4 is 11.8 Å². The average Bonchev–Trinajstić information content (AvgIpc) is 2.69. The molecule has 1 heterocycles. The summed E-state index contributed by atoms with van der Waals surface area (Å²) in [6.07, 6.45) is 5.93. The van der Waals surface area contributed by atoms with Gasteiger partial charge in [0, 0.05) is 6.04 Å². The fourth-order valence-corrected chi connectivity index (χ4v) is 3.70. The second-order valence-corrected chi connectivity index (χ2v) is 5.75. The van der Waals surface area contributed by atoms with Gasteiger partial charge in [0.05, 0.1) is 6.10 Å². The van der Waals surface area contributed by atoms with Crippen molar-refractivity contribution in [3.8, 4) is 0 Å². The van der Waals surface area contributed by atoms with Gasteiger partial charge in [-0.3, -0.25) is 0 Å². The molecule has 0 aromatic heterocycles. The lowest BCUT2D eigenvalue weighted by molar-refractivity contribution is 0.0894. The molecule has 2 nitrogen and oxygen atoms in total. The van der Waals surface area contributed by atoms with Gasteiger partial charge in [-0.15, -0.1) is 0 Å². The summed E-state index contributed by atoms with van der Waals surface area (Å²) in [7, 11) is 0. The molecule has 3 atom stereocenters. The summed E-state index contributed by atoms with van der Waals surface area (Å²) in [5.41, 5.74) is 0. The lowest BCUT2D eigenvalue weighted by Gasteiger charge is -2.29. The highest BCUT2D eigenvalue weighted by Crippen LogP contribution is 2.24. The summed E-state index contributed by atoms with van der Waals surface area (Å²) in [6, 6.07) is 0.384. The van der Waals surface area contributed by atoms with Crippen LogP contribution in [0.5, 0.6) is 0 Å². The molecular formula is C11H21NOS. The summed E-state index contributed by atoms with van der Waals surface area (Å²) >= 11 is 2.07. The topological polar surface area (TPSA) is 32.3 Å². The van der Waals surface area contributed by atoms with Crippen molar-refractivity contribution in [1.29, 1.82) is 0 Å². The van der Waals surface area contributed by atoms with Crippen LogP contribution in [-0.4, -0.2) is 35.3 Å². The molecule has 0 spiro atoms. The zero-order valence-electron chi connectivity index (χ0n) is 8.74. The molecule has 82 valence electrons. The fourth-order valence-electron chi connectivity index (χ4n) is 2.41. The van der Waals surface area contributed by atoms with E-state index in [1.165, 1.54) is 37.2 Å². The molecule has 0 radical (unpaired) electrons. The van der Waals surface area contributed by atoms with Gasteiger partial charge in [0.1, 0.15) is 0 Å². The normalized spacial score (nSPS) is 38.8. The molecule has 1 aliphatic heterocycles. The van der Waals surface area contributed by atoms with Gasteiger partial charge in [0.25, 0.3) is 0 Å². The quantitative estimate of drug-likeness (QED) is 0.750. The predicted molar refractivity (Wildman–Crippen MR) is 61.7 cm³/mol. The molecule has 0 amide bonds. The van der Waals surface area contributed by atoms with E-state index in [9.17, 15) is 5.11 Å². The van der Waals surface area contributed by atoms with E-state index in [4.69, 9.17) is 0 Å². The predicted octanol–water partition coefficient (Wildman–Crippen LogP) is 1.63. The number of rotatable bonds is 3. The van der Waals surface area contributed by atoms with Crippen molar-refractivity contribution in [2.24, 2.45) is 5.92 Å². The number of hydrogen-bond donors (Lipinski definition) is 2. The van der Waals surface area contributed by atoms with Crippen LogP contribution >= 0.6 is 11.8 Å². The van der Waals surface area contributed by atoms with E-state index in [-0.39, 0.29) is 6.10 Å². The standard InChI is InChI=1S/C11H21NOS/c13-11-4-2-1-3-10(11)12-7-9-5-6-14-8-9/h9-13H,1-8H2/t9?,10-,11+/m0/s1. The van der Waals surface area contributed by atoms with Crippen LogP contribution in [0, 0.1) is 5.92 Å². The molecule has 1 saturated carbocycles. The van der Waals surface area contributed by atoms with Crippen molar-refractivity contribution in [3.05, 3.63) is 0 Å². The number of aliphatic hydroxyl groups excluding tert-OH is 1. The Bertz CT molecular complexity index is 171. The first-order valence-electron chi connectivity index (χ1n) is 5.85. The molecule has 2 N–H and O–H groups in total. The summed E-state index contributed by atoms with van der Waals surface area (Å²) in [4.78, 5) is 0. The van der Waals surface area contributed by atoms with E-state index in [1.54, 1.807) is 0 Å². The Hall–Kier alpha value is 0.270. The van der Waals surface area contributed by atoms with Crippen molar-refractivity contribution in [3.63, 3.8) is 0 Å². The van der Waals surface area contributed by atoms with Gasteiger partial charge in [0.15, 0.2) is 0 Å². The third-order valence-corrected chi connectivity index (χ3v) is 4.65. The Morgan fingerprint density at radius 3 is 2.79 bits per heavy atom. The highest BCUT2D eigenvalue weighted by Gasteiger charge is 2.24. The zero-order chi connectivity index (χ0) is 9.80. The summed E-state index contributed by atoms with van der Waals surface area (Å²) in [6.45, 7) is 1.12. The summed E-state index contributed by atoms with van der Waals surface area (Å²) < 4.78 is 0. The number of aliphatic hydroxyl groups is 1. The minimum absolute atomic E-state index is 0.0854. The summed E-state index contributed by atoms with van der Waals surface area (Å²) in [5.74, 6) is 3.50. The molecular weight excluding hydrogens is 194 g/mol. The molecule has 0 aromatic rings. The van der Waals surface area contributed by atoms with Crippen LogP contribution in [0.1, 0.15) is 32.1 Å². The summed E-state index contributed by atoms with van der Waals surface area (Å²) in [5, 5.41) is 13.3. The van der Waals surface area contributed by atoms with Crippen molar-refractivity contribution in [1.82, 2.24) is 5.32 Å². The maximum atomic E-state index is 9.78. The van der Waals surface area contributed by atoms with Crippen LogP contribution in [0.3, 0.4) is 0 Å². The van der Waals surface area contributed by atoms with E-state index in [1.807, 2.05) is 0 Å². The Morgan fingerprint density at radius 2 is 2.07 bits per heavy atom. The second-order valence-electron chi connectivity index (χ2n) is 4.60. The Labute approximate surface area is 90.8 Å². The van der Waals surface area contributed by atoms with E-state index >= 15 is 0 Å². The van der Waals surface area contributed by atoms with Crippen molar-refractivity contribution < 1.29 is 5.11 Å². The van der Waals surface area contributed by atoms with Crippen molar-refractivity contribution in [2.45, 2.75) is 44.2 Å². The minimum Gasteiger partial charge on any atom is -0.392 e. The second kappa shape index (κ2) is 5.38. The SMILES string of the molecule is O[C@@H]1CCCC[C@@H]1NCC1CCSC1. The van der Waals surface area contributed by atoms with Crippen LogP contribution in [0.4, 0.5) is 0 Å². The average molecular weight is 215 g/mol. The van der Waals surface area contributed by atoms with E-state index < -0.39 is 0 Å². The Balaban J connectivity index is 1.67. The van der Waals surface area contributed by atoms with Gasteiger partial charge in [-0.1, -0.05) is 12.8 Å². The Morgan fingerprint density at radius 1 is 1.21 bits per heavy atom. The Kier molecular flexibility index (Phi) is 4.14. The van der Waals surface area contributed by atoms with Crippen LogP contribution in [0.2, 0.25) is 0 Å². The first kappa shape index (κ1) is 10.8. The molecule has 2 fully saturated rings. The monoisotopic (exact) mass is 215 g/mol. The molecule has 1 saturated heterocycles. The lowest BCUT2D eigenvalue weighted by Crippen LogP contribution is -2.43. The fraction of sp³-hybridized carbons (Fsp3) is 1.00. The van der Waals surface area contributed by atoms with E-state index in [0.717, 1.165) is 18.9 Å². The van der Waals surface area contributed by atoms with Crippen LogP contribution < -0.4 is 5.32 Å². The number of hydrogen-bond acceptors (Lipinski definition) is 3. The maximum Gasteiger partial charge on any atom is 0.0693 e. The lowest BCUT2D eigenvalue weighted by atomic mass is 9.92. The first-order chi connectivity index (χ1) is 6.86. The van der Waals surface area contributed by atoms with E-state index in [2.05, 4.69) is 17.1 Å². The highest BCUT2D eigenvalue weighted by atomic mass is 32.2. The smallest absolute Gasteiger partial charge is 0.0693 e. The number of nitrogens with one attached hydrogen (secondary N) is 1. The number of thioether (sulfide) groups is 1. The van der Waals surface area contributed by atoms with Crippen LogP contribution in [0.15, 0.2) is 0 Å². The van der Waals surface area contributed by atoms with Gasteiger partial charge in [-0.25, -0.2) is 0 Å². The van der Waals surface area contributed by atoms with Crippen LogP contribution in [0.25, 0.3) is 0 Å². The van der Waals surface area contributed by atoms with E-state index in [0.29, 0.717) is 6.04 Å². The van der Waals surface area contributed by atoms with Crippen molar-refractivity contribution in [2.75, 3.05) is 18.1 Å². The molecule has 3 heteroatoms. The maximum absolute atomic E-state index is 9.78. The first-order valence-corrected chi connectivity index (χ1v) is 7.01.